The second-order valence-electron chi connectivity index (χ2n) is 6.51. The topological polar surface area (TPSA) is 94.8 Å². The summed E-state index contributed by atoms with van der Waals surface area (Å²) in [5.41, 5.74) is 1.14. The van der Waals surface area contributed by atoms with E-state index in [4.69, 9.17) is 14.6 Å². The van der Waals surface area contributed by atoms with E-state index in [1.54, 1.807) is 6.07 Å². The molecule has 2 aromatic rings. The maximum Gasteiger partial charge on any atom is 0.239 e. The molecule has 1 aromatic heterocycles. The van der Waals surface area contributed by atoms with Gasteiger partial charge in [-0.3, -0.25) is 0 Å². The molecule has 2 aliphatic rings. The van der Waals surface area contributed by atoms with Gasteiger partial charge >= 0.3 is 0 Å². The molecule has 0 amide bonds. The van der Waals surface area contributed by atoms with Crippen molar-refractivity contribution in [3.63, 3.8) is 0 Å². The minimum atomic E-state index is -3.73. The van der Waals surface area contributed by atoms with E-state index < -0.39 is 10.0 Å². The van der Waals surface area contributed by atoms with Crippen LogP contribution in [0.1, 0.15) is 30.9 Å². The summed E-state index contributed by atoms with van der Waals surface area (Å²) in [5.74, 6) is 2.31. The third kappa shape index (κ3) is 3.34. The highest BCUT2D eigenvalue weighted by atomic mass is 32.2. The number of hydrogen-bond donors (Lipinski definition) is 1. The second kappa shape index (κ2) is 6.77. The van der Waals surface area contributed by atoms with Crippen molar-refractivity contribution >= 4 is 15.8 Å². The molecule has 2 N–H and O–H groups in total. The zero-order chi connectivity index (χ0) is 18.1. The number of rotatable bonds is 3. The minimum Gasteiger partial charge on any atom is -0.490 e. The Morgan fingerprint density at radius 2 is 1.88 bits per heavy atom. The van der Waals surface area contributed by atoms with Crippen molar-refractivity contribution in [3.05, 3.63) is 42.1 Å². The van der Waals surface area contributed by atoms with E-state index in [0.717, 1.165) is 48.7 Å². The number of ether oxygens (including phenoxy) is 2. The highest BCUT2D eigenvalue weighted by Gasteiger charge is 2.28. The molecule has 0 radical (unpaired) electrons. The lowest BCUT2D eigenvalue weighted by atomic mass is 10.0. The van der Waals surface area contributed by atoms with Crippen molar-refractivity contribution in [3.8, 4) is 11.5 Å². The average Bonchev–Trinajstić information content (AvgIpc) is 3.00. The Balaban J connectivity index is 1.62. The first-order valence-electron chi connectivity index (χ1n) is 8.67. The standard InChI is InChI=1S/C18H21N3O4S/c19-26(22,23)14-5-7-18(20-12-14)21-8-1-3-15(21)13-4-6-16-17(11-13)25-10-2-9-24-16/h4-7,11-12,15H,1-3,8-10H2,(H2,19,22,23)/t15-/m1/s1. The van der Waals surface area contributed by atoms with E-state index in [2.05, 4.69) is 16.0 Å². The molecule has 1 atom stereocenters. The number of benzene rings is 1. The number of anilines is 1. The van der Waals surface area contributed by atoms with Crippen LogP contribution in [0.5, 0.6) is 11.5 Å². The smallest absolute Gasteiger partial charge is 0.239 e. The summed E-state index contributed by atoms with van der Waals surface area (Å²) in [5, 5.41) is 5.15. The molecule has 1 fully saturated rings. The van der Waals surface area contributed by atoms with Crippen LogP contribution >= 0.6 is 0 Å². The lowest BCUT2D eigenvalue weighted by Crippen LogP contribution is -2.24. The van der Waals surface area contributed by atoms with Gasteiger partial charge in [0.1, 0.15) is 10.7 Å². The van der Waals surface area contributed by atoms with Gasteiger partial charge in [0.2, 0.25) is 10.0 Å². The molecule has 0 spiro atoms. The Bertz CT molecular complexity index is 899. The van der Waals surface area contributed by atoms with Crippen molar-refractivity contribution in [2.24, 2.45) is 5.14 Å². The van der Waals surface area contributed by atoms with Gasteiger partial charge in [0.15, 0.2) is 11.5 Å². The van der Waals surface area contributed by atoms with Crippen molar-refractivity contribution in [1.29, 1.82) is 0 Å². The Morgan fingerprint density at radius 3 is 2.62 bits per heavy atom. The van der Waals surface area contributed by atoms with E-state index in [0.29, 0.717) is 13.2 Å². The second-order valence-corrected chi connectivity index (χ2v) is 8.07. The van der Waals surface area contributed by atoms with Crippen molar-refractivity contribution in [2.75, 3.05) is 24.7 Å². The van der Waals surface area contributed by atoms with Crippen LogP contribution in [0.2, 0.25) is 0 Å². The zero-order valence-corrected chi connectivity index (χ0v) is 15.1. The molecule has 8 heteroatoms. The summed E-state index contributed by atoms with van der Waals surface area (Å²) in [6, 6.07) is 9.45. The van der Waals surface area contributed by atoms with Gasteiger partial charge in [-0.25, -0.2) is 18.5 Å². The van der Waals surface area contributed by atoms with Gasteiger partial charge in [0, 0.05) is 19.2 Å². The van der Waals surface area contributed by atoms with Crippen molar-refractivity contribution in [2.45, 2.75) is 30.2 Å². The normalized spacial score (nSPS) is 20.0. The molecular formula is C18H21N3O4S. The van der Waals surface area contributed by atoms with Crippen LogP contribution in [0.4, 0.5) is 5.82 Å². The minimum absolute atomic E-state index is 0.0209. The third-order valence-electron chi connectivity index (χ3n) is 4.75. The van der Waals surface area contributed by atoms with Crippen LogP contribution in [-0.2, 0) is 10.0 Å². The molecule has 26 heavy (non-hydrogen) atoms. The molecule has 2 aliphatic heterocycles. The van der Waals surface area contributed by atoms with Crippen LogP contribution in [0.15, 0.2) is 41.4 Å². The number of nitrogens with zero attached hydrogens (tertiary/aromatic N) is 2. The van der Waals surface area contributed by atoms with Gasteiger partial charge in [-0.15, -0.1) is 0 Å². The van der Waals surface area contributed by atoms with E-state index in [1.165, 1.54) is 12.3 Å². The predicted molar refractivity (Wildman–Crippen MR) is 97.0 cm³/mol. The largest absolute Gasteiger partial charge is 0.490 e. The summed E-state index contributed by atoms with van der Waals surface area (Å²) in [7, 11) is -3.73. The van der Waals surface area contributed by atoms with E-state index in [9.17, 15) is 8.42 Å². The van der Waals surface area contributed by atoms with Crippen LogP contribution in [0.25, 0.3) is 0 Å². The summed E-state index contributed by atoms with van der Waals surface area (Å²) in [6.45, 7) is 2.18. The summed E-state index contributed by atoms with van der Waals surface area (Å²) in [6.07, 6.45) is 4.23. The molecule has 7 nitrogen and oxygen atoms in total. The summed E-state index contributed by atoms with van der Waals surface area (Å²) < 4.78 is 34.3. The third-order valence-corrected chi connectivity index (χ3v) is 5.65. The fourth-order valence-corrected chi connectivity index (χ4v) is 3.94. The van der Waals surface area contributed by atoms with Gasteiger partial charge < -0.3 is 14.4 Å². The van der Waals surface area contributed by atoms with Crippen molar-refractivity contribution < 1.29 is 17.9 Å². The lowest BCUT2D eigenvalue weighted by molar-refractivity contribution is 0.297. The van der Waals surface area contributed by atoms with Crippen LogP contribution < -0.4 is 19.5 Å². The number of primary sulfonamides is 1. The van der Waals surface area contributed by atoms with Crippen LogP contribution in [-0.4, -0.2) is 33.2 Å². The fourth-order valence-electron chi connectivity index (χ4n) is 3.49. The molecule has 1 aromatic carbocycles. The maximum atomic E-state index is 11.4. The Kier molecular flexibility index (Phi) is 4.46. The molecule has 4 rings (SSSR count). The molecule has 0 bridgehead atoms. The van der Waals surface area contributed by atoms with Gasteiger partial charge in [-0.05, 0) is 42.7 Å². The van der Waals surface area contributed by atoms with Gasteiger partial charge in [0.25, 0.3) is 0 Å². The Labute approximate surface area is 152 Å². The van der Waals surface area contributed by atoms with E-state index >= 15 is 0 Å². The zero-order valence-electron chi connectivity index (χ0n) is 14.3. The Hall–Kier alpha value is -2.32. The summed E-state index contributed by atoms with van der Waals surface area (Å²) >= 11 is 0. The van der Waals surface area contributed by atoms with Crippen molar-refractivity contribution in [1.82, 2.24) is 4.98 Å². The fraction of sp³-hybridized carbons (Fsp3) is 0.389. The number of fused-ring (bicyclic) bond motifs is 1. The molecule has 1 saturated heterocycles. The van der Waals surface area contributed by atoms with Crippen LogP contribution in [0.3, 0.4) is 0 Å². The lowest BCUT2D eigenvalue weighted by Gasteiger charge is -2.26. The molecule has 3 heterocycles. The number of pyridine rings is 1. The van der Waals surface area contributed by atoms with E-state index in [1.807, 2.05) is 12.1 Å². The predicted octanol–water partition coefficient (Wildman–Crippen LogP) is 2.23. The average molecular weight is 375 g/mol. The first-order valence-corrected chi connectivity index (χ1v) is 10.2. The molecule has 0 aliphatic carbocycles. The quantitative estimate of drug-likeness (QED) is 0.884. The van der Waals surface area contributed by atoms with Gasteiger partial charge in [-0.2, -0.15) is 0 Å². The number of aromatic nitrogens is 1. The number of sulfonamides is 1. The number of nitrogens with two attached hydrogens (primary N) is 1. The highest BCUT2D eigenvalue weighted by molar-refractivity contribution is 7.89. The first kappa shape index (κ1) is 17.1. The number of hydrogen-bond acceptors (Lipinski definition) is 6. The SMILES string of the molecule is NS(=O)(=O)c1ccc(N2CCC[C@@H]2c2ccc3c(c2)OCCCO3)nc1. The molecular weight excluding hydrogens is 354 g/mol. The molecule has 138 valence electrons. The molecule has 0 unspecified atom stereocenters. The molecule has 0 saturated carbocycles. The first-order chi connectivity index (χ1) is 12.5. The van der Waals surface area contributed by atoms with Crippen LogP contribution in [0, 0.1) is 0 Å². The van der Waals surface area contributed by atoms with Gasteiger partial charge in [-0.1, -0.05) is 6.07 Å². The summed E-state index contributed by atoms with van der Waals surface area (Å²) in [4.78, 5) is 6.52. The Morgan fingerprint density at radius 1 is 1.08 bits per heavy atom. The maximum absolute atomic E-state index is 11.4. The van der Waals surface area contributed by atoms with E-state index in [-0.39, 0.29) is 10.9 Å². The monoisotopic (exact) mass is 375 g/mol. The highest BCUT2D eigenvalue weighted by Crippen LogP contribution is 2.39. The van der Waals surface area contributed by atoms with Gasteiger partial charge in [0.05, 0.1) is 19.3 Å².